The van der Waals surface area contributed by atoms with Crippen LogP contribution in [-0.4, -0.2) is 37.6 Å². The number of furan rings is 1. The average molecular weight is 382 g/mol. The first-order chi connectivity index (χ1) is 12.1. The Kier molecular flexibility index (Phi) is 9.25. The van der Waals surface area contributed by atoms with E-state index in [2.05, 4.69) is 16.0 Å². The molecule has 0 saturated carbocycles. The Morgan fingerprint density at radius 1 is 1.23 bits per heavy atom. The fourth-order valence-corrected chi connectivity index (χ4v) is 2.15. The van der Waals surface area contributed by atoms with Crippen molar-refractivity contribution in [3.05, 3.63) is 48.4 Å². The van der Waals surface area contributed by atoms with Gasteiger partial charge in [-0.1, -0.05) is 13.0 Å². The second kappa shape index (κ2) is 11.2. The van der Waals surface area contributed by atoms with Crippen molar-refractivity contribution < 1.29 is 18.7 Å². The molecule has 1 heterocycles. The number of likely N-dealkylation sites (N-methyl/N-ethyl adjacent to an activating group) is 1. The van der Waals surface area contributed by atoms with Gasteiger partial charge < -0.3 is 25.1 Å². The van der Waals surface area contributed by atoms with E-state index in [1.165, 1.54) is 6.26 Å². The summed E-state index contributed by atoms with van der Waals surface area (Å²) in [4.78, 5) is 23.7. The molecule has 0 aliphatic rings. The number of anilines is 1. The van der Waals surface area contributed by atoms with E-state index in [-0.39, 0.29) is 42.6 Å². The van der Waals surface area contributed by atoms with Gasteiger partial charge in [-0.3, -0.25) is 9.59 Å². The van der Waals surface area contributed by atoms with E-state index in [0.717, 1.165) is 6.54 Å². The Labute approximate surface area is 158 Å². The third-order valence-corrected chi connectivity index (χ3v) is 3.36. The first-order valence-corrected chi connectivity index (χ1v) is 8.16. The molecule has 0 aliphatic heterocycles. The largest absolute Gasteiger partial charge is 0.484 e. The van der Waals surface area contributed by atoms with Crippen LogP contribution in [0.3, 0.4) is 0 Å². The van der Waals surface area contributed by atoms with Crippen molar-refractivity contribution in [2.45, 2.75) is 19.9 Å². The number of halogens is 1. The van der Waals surface area contributed by atoms with E-state index in [9.17, 15) is 9.59 Å². The highest BCUT2D eigenvalue weighted by Gasteiger charge is 2.10. The molecule has 26 heavy (non-hydrogen) atoms. The lowest BCUT2D eigenvalue weighted by Gasteiger charge is -2.13. The molecular weight excluding hydrogens is 358 g/mol. The lowest BCUT2D eigenvalue weighted by atomic mass is 10.3. The van der Waals surface area contributed by atoms with Crippen LogP contribution in [0.4, 0.5) is 5.69 Å². The lowest BCUT2D eigenvalue weighted by molar-refractivity contribution is -0.123. The van der Waals surface area contributed by atoms with Crippen molar-refractivity contribution in [1.82, 2.24) is 10.6 Å². The number of hydrogen-bond acceptors (Lipinski definition) is 5. The van der Waals surface area contributed by atoms with Gasteiger partial charge in [0.15, 0.2) is 12.4 Å². The van der Waals surface area contributed by atoms with Gasteiger partial charge in [-0.15, -0.1) is 12.4 Å². The molecule has 3 N–H and O–H groups in total. The molecule has 2 rings (SSSR count). The topological polar surface area (TPSA) is 92.6 Å². The van der Waals surface area contributed by atoms with Gasteiger partial charge in [0.2, 0.25) is 0 Å². The molecule has 0 saturated heterocycles. The summed E-state index contributed by atoms with van der Waals surface area (Å²) in [5.41, 5.74) is 0.556. The lowest BCUT2D eigenvalue weighted by Crippen LogP contribution is -2.40. The van der Waals surface area contributed by atoms with E-state index < -0.39 is 0 Å². The minimum Gasteiger partial charge on any atom is -0.484 e. The summed E-state index contributed by atoms with van der Waals surface area (Å²) in [7, 11) is 0. The van der Waals surface area contributed by atoms with Crippen LogP contribution in [0.5, 0.6) is 5.75 Å². The Bertz CT molecular complexity index is 692. The van der Waals surface area contributed by atoms with Gasteiger partial charge in [-0.2, -0.15) is 0 Å². The fourth-order valence-electron chi connectivity index (χ4n) is 2.15. The van der Waals surface area contributed by atoms with Crippen molar-refractivity contribution in [3.63, 3.8) is 0 Å². The second-order valence-corrected chi connectivity index (χ2v) is 5.51. The summed E-state index contributed by atoms with van der Waals surface area (Å²) in [6, 6.07) is 10.3. The van der Waals surface area contributed by atoms with Crippen LogP contribution in [0.25, 0.3) is 0 Å². The van der Waals surface area contributed by atoms with Crippen LogP contribution in [-0.2, 0) is 4.79 Å². The maximum Gasteiger partial charge on any atom is 0.291 e. The summed E-state index contributed by atoms with van der Waals surface area (Å²) in [5.74, 6) is 0.166. The quantitative estimate of drug-likeness (QED) is 0.620. The number of amides is 2. The number of carbonyl (C=O) groups is 2. The zero-order valence-electron chi connectivity index (χ0n) is 14.8. The summed E-state index contributed by atoms with van der Waals surface area (Å²) in [6.07, 6.45) is 1.43. The van der Waals surface area contributed by atoms with Crippen molar-refractivity contribution in [3.8, 4) is 5.75 Å². The Balaban J connectivity index is 0.00000338. The van der Waals surface area contributed by atoms with Gasteiger partial charge in [-0.05, 0) is 37.7 Å². The highest BCUT2D eigenvalue weighted by molar-refractivity contribution is 6.02. The number of benzene rings is 1. The van der Waals surface area contributed by atoms with Gasteiger partial charge in [0, 0.05) is 24.3 Å². The molecule has 0 radical (unpaired) electrons. The van der Waals surface area contributed by atoms with Crippen molar-refractivity contribution in [1.29, 1.82) is 0 Å². The maximum atomic E-state index is 11.9. The zero-order chi connectivity index (χ0) is 18.1. The predicted molar refractivity (Wildman–Crippen MR) is 102 cm³/mol. The summed E-state index contributed by atoms with van der Waals surface area (Å²) in [5, 5.41) is 8.71. The molecule has 1 aromatic heterocycles. The number of nitrogens with one attached hydrogen (secondary N) is 3. The van der Waals surface area contributed by atoms with Gasteiger partial charge in [0.25, 0.3) is 11.8 Å². The number of rotatable bonds is 9. The molecule has 0 bridgehead atoms. The van der Waals surface area contributed by atoms with E-state index in [1.54, 1.807) is 36.4 Å². The Hall–Kier alpha value is -2.51. The first kappa shape index (κ1) is 21.5. The molecule has 2 aromatic rings. The zero-order valence-corrected chi connectivity index (χ0v) is 15.6. The third kappa shape index (κ3) is 7.16. The van der Waals surface area contributed by atoms with Gasteiger partial charge >= 0.3 is 0 Å². The monoisotopic (exact) mass is 381 g/mol. The number of hydrogen-bond donors (Lipinski definition) is 3. The van der Waals surface area contributed by atoms with E-state index in [4.69, 9.17) is 9.15 Å². The Morgan fingerprint density at radius 3 is 2.73 bits per heavy atom. The highest BCUT2D eigenvalue weighted by Crippen LogP contribution is 2.18. The minimum absolute atomic E-state index is 0. The van der Waals surface area contributed by atoms with Gasteiger partial charge in [-0.25, -0.2) is 0 Å². The van der Waals surface area contributed by atoms with E-state index in [0.29, 0.717) is 18.0 Å². The standard InChI is InChI=1S/C18H23N3O4.ClH/c1-3-19-13(2)11-20-17(22)12-25-15-7-4-6-14(10-15)21-18(23)16-8-5-9-24-16;/h4-10,13,19H,3,11-12H2,1-2H3,(H,20,22)(H,21,23);1H/t13-;/m1./s1. The van der Waals surface area contributed by atoms with Crippen LogP contribution in [0.15, 0.2) is 47.1 Å². The molecule has 0 unspecified atom stereocenters. The molecule has 7 nitrogen and oxygen atoms in total. The van der Waals surface area contributed by atoms with Gasteiger partial charge in [0.05, 0.1) is 6.26 Å². The van der Waals surface area contributed by atoms with Crippen molar-refractivity contribution >= 4 is 29.9 Å². The highest BCUT2D eigenvalue weighted by atomic mass is 35.5. The molecule has 0 fully saturated rings. The maximum absolute atomic E-state index is 11.9. The van der Waals surface area contributed by atoms with Crippen LogP contribution < -0.4 is 20.7 Å². The van der Waals surface area contributed by atoms with Crippen LogP contribution in [0.1, 0.15) is 24.4 Å². The summed E-state index contributed by atoms with van der Waals surface area (Å²) < 4.78 is 10.5. The molecule has 0 aliphatic carbocycles. The number of ether oxygens (including phenoxy) is 1. The fraction of sp³-hybridized carbons (Fsp3) is 0.333. The van der Waals surface area contributed by atoms with Crippen LogP contribution in [0, 0.1) is 0 Å². The van der Waals surface area contributed by atoms with Crippen LogP contribution in [0.2, 0.25) is 0 Å². The molecule has 2 amide bonds. The minimum atomic E-state index is -0.350. The summed E-state index contributed by atoms with van der Waals surface area (Å²) in [6.45, 7) is 5.31. The van der Waals surface area contributed by atoms with Crippen molar-refractivity contribution in [2.75, 3.05) is 25.0 Å². The third-order valence-electron chi connectivity index (χ3n) is 3.36. The first-order valence-electron chi connectivity index (χ1n) is 8.16. The molecule has 1 aromatic carbocycles. The van der Waals surface area contributed by atoms with E-state index >= 15 is 0 Å². The van der Waals surface area contributed by atoms with Crippen molar-refractivity contribution in [2.24, 2.45) is 0 Å². The smallest absolute Gasteiger partial charge is 0.291 e. The molecule has 1 atom stereocenters. The van der Waals surface area contributed by atoms with Gasteiger partial charge in [0.1, 0.15) is 5.75 Å². The molecular formula is C18H24ClN3O4. The molecule has 0 spiro atoms. The normalized spacial score (nSPS) is 11.2. The second-order valence-electron chi connectivity index (χ2n) is 5.51. The average Bonchev–Trinajstić information content (AvgIpc) is 3.13. The summed E-state index contributed by atoms with van der Waals surface area (Å²) >= 11 is 0. The van der Waals surface area contributed by atoms with E-state index in [1.807, 2.05) is 13.8 Å². The predicted octanol–water partition coefficient (Wildman–Crippen LogP) is 2.45. The Morgan fingerprint density at radius 2 is 2.04 bits per heavy atom. The van der Waals surface area contributed by atoms with Crippen LogP contribution >= 0.6 is 12.4 Å². The molecule has 8 heteroatoms. The molecule has 142 valence electrons. The SMILES string of the molecule is CCN[C@H](C)CNC(=O)COc1cccc(NC(=O)c2ccco2)c1.Cl. The number of carbonyl (C=O) groups excluding carboxylic acids is 2.